The molecule has 0 aromatic carbocycles. The molecule has 1 heterocycles. The second-order valence-corrected chi connectivity index (χ2v) is 4.31. The van der Waals surface area contributed by atoms with Crippen LogP contribution in [0.4, 0.5) is 0 Å². The van der Waals surface area contributed by atoms with Crippen LogP contribution in [0.5, 0.6) is 0 Å². The number of hydrogen-bond acceptors (Lipinski definition) is 2. The molecule has 0 fully saturated rings. The van der Waals surface area contributed by atoms with Crippen molar-refractivity contribution in [2.75, 3.05) is 0 Å². The molecule has 1 aromatic heterocycles. The standard InChI is InChI=1S/C6H13N3Si/c1-3-6-4-9(5(2)10)8-7-6/h4-5H,3H2,1-2,10H3. The molecule has 0 amide bonds. The monoisotopic (exact) mass is 155 g/mol. The first-order valence-corrected chi connectivity index (χ1v) is 4.80. The highest BCUT2D eigenvalue weighted by molar-refractivity contribution is 6.09. The smallest absolute Gasteiger partial charge is 0.0824 e. The number of hydrogen-bond donors (Lipinski definition) is 0. The molecule has 56 valence electrons. The predicted octanol–water partition coefficient (Wildman–Crippen LogP) is -0.276. The number of aromatic nitrogens is 3. The van der Waals surface area contributed by atoms with Gasteiger partial charge in [0.25, 0.3) is 0 Å². The molecule has 1 atom stereocenters. The van der Waals surface area contributed by atoms with Crippen molar-refractivity contribution in [2.24, 2.45) is 0 Å². The molecule has 1 aromatic rings. The number of nitrogens with zero attached hydrogens (tertiary/aromatic N) is 3. The van der Waals surface area contributed by atoms with Crippen LogP contribution < -0.4 is 0 Å². The summed E-state index contributed by atoms with van der Waals surface area (Å²) >= 11 is 0. The van der Waals surface area contributed by atoms with Crippen LogP contribution in [0.3, 0.4) is 0 Å². The molecule has 0 radical (unpaired) electrons. The van der Waals surface area contributed by atoms with Gasteiger partial charge in [-0.1, -0.05) is 12.1 Å². The van der Waals surface area contributed by atoms with Crippen molar-refractivity contribution in [1.29, 1.82) is 0 Å². The van der Waals surface area contributed by atoms with Crippen LogP contribution in [0.1, 0.15) is 25.2 Å². The van der Waals surface area contributed by atoms with Gasteiger partial charge in [0.1, 0.15) is 0 Å². The Labute approximate surface area is 63.9 Å². The van der Waals surface area contributed by atoms with E-state index >= 15 is 0 Å². The zero-order valence-corrected chi connectivity index (χ0v) is 8.70. The van der Waals surface area contributed by atoms with Crippen LogP contribution in [0.15, 0.2) is 6.20 Å². The van der Waals surface area contributed by atoms with Crippen molar-refractivity contribution in [2.45, 2.75) is 25.9 Å². The Kier molecular flexibility index (Phi) is 2.21. The van der Waals surface area contributed by atoms with Gasteiger partial charge in [0.05, 0.1) is 5.69 Å². The predicted molar refractivity (Wildman–Crippen MR) is 44.1 cm³/mol. The Hall–Kier alpha value is -0.643. The third kappa shape index (κ3) is 1.44. The molecule has 0 saturated heterocycles. The lowest BCUT2D eigenvalue weighted by molar-refractivity contribution is 0.603. The van der Waals surface area contributed by atoms with E-state index in [0.717, 1.165) is 22.4 Å². The van der Waals surface area contributed by atoms with Crippen LogP contribution in [0.25, 0.3) is 0 Å². The number of aryl methyl sites for hydroxylation is 1. The fourth-order valence-electron chi connectivity index (χ4n) is 0.728. The largest absolute Gasteiger partial charge is 0.254 e. The molecule has 0 aliphatic rings. The first kappa shape index (κ1) is 7.46. The third-order valence-electron chi connectivity index (χ3n) is 1.45. The van der Waals surface area contributed by atoms with Gasteiger partial charge in [-0.2, -0.15) is 0 Å². The van der Waals surface area contributed by atoms with Gasteiger partial charge in [-0.15, -0.1) is 5.10 Å². The summed E-state index contributed by atoms with van der Waals surface area (Å²) in [6.07, 6.45) is 3.01. The number of rotatable bonds is 2. The van der Waals surface area contributed by atoms with Gasteiger partial charge >= 0.3 is 0 Å². The minimum atomic E-state index is 0.563. The maximum Gasteiger partial charge on any atom is 0.0824 e. The van der Waals surface area contributed by atoms with Crippen LogP contribution in [-0.4, -0.2) is 25.2 Å². The van der Waals surface area contributed by atoms with Crippen molar-refractivity contribution < 1.29 is 0 Å². The summed E-state index contributed by atoms with van der Waals surface area (Å²) < 4.78 is 1.94. The van der Waals surface area contributed by atoms with E-state index in [0.29, 0.717) is 5.67 Å². The lowest BCUT2D eigenvalue weighted by Gasteiger charge is -2.00. The molecular formula is C6H13N3Si. The fourth-order valence-corrected chi connectivity index (χ4v) is 0.980. The molecule has 1 rings (SSSR count). The average Bonchev–Trinajstić information content (AvgIpc) is 2.34. The molecule has 0 N–H and O–H groups in total. The third-order valence-corrected chi connectivity index (χ3v) is 1.98. The van der Waals surface area contributed by atoms with E-state index in [9.17, 15) is 0 Å². The average molecular weight is 155 g/mol. The van der Waals surface area contributed by atoms with Crippen molar-refractivity contribution in [3.05, 3.63) is 11.9 Å². The lowest BCUT2D eigenvalue weighted by Crippen LogP contribution is -2.04. The molecule has 1 unspecified atom stereocenters. The lowest BCUT2D eigenvalue weighted by atomic mass is 10.4. The zero-order chi connectivity index (χ0) is 7.56. The SMILES string of the molecule is CCc1cn(C(C)[SiH3])nn1. The van der Waals surface area contributed by atoms with E-state index in [1.165, 1.54) is 0 Å². The Morgan fingerprint density at radius 1 is 1.80 bits per heavy atom. The Bertz CT molecular complexity index is 207. The Morgan fingerprint density at radius 2 is 2.50 bits per heavy atom. The van der Waals surface area contributed by atoms with Gasteiger partial charge in [0.15, 0.2) is 0 Å². The molecular weight excluding hydrogens is 142 g/mol. The maximum atomic E-state index is 3.99. The van der Waals surface area contributed by atoms with Gasteiger partial charge in [-0.25, -0.2) is 0 Å². The summed E-state index contributed by atoms with van der Waals surface area (Å²) in [7, 11) is 1.13. The van der Waals surface area contributed by atoms with Gasteiger partial charge in [0, 0.05) is 22.1 Å². The quantitative estimate of drug-likeness (QED) is 0.550. The highest BCUT2D eigenvalue weighted by Crippen LogP contribution is 1.99. The van der Waals surface area contributed by atoms with Crippen LogP contribution in [0.2, 0.25) is 0 Å². The van der Waals surface area contributed by atoms with E-state index in [-0.39, 0.29) is 0 Å². The normalized spacial score (nSPS) is 13.8. The summed E-state index contributed by atoms with van der Waals surface area (Å²) in [6, 6.07) is 0. The highest BCUT2D eigenvalue weighted by Gasteiger charge is 1.99. The second kappa shape index (κ2) is 2.96. The molecule has 3 nitrogen and oxygen atoms in total. The Balaban J connectivity index is 2.78. The van der Waals surface area contributed by atoms with E-state index in [4.69, 9.17) is 0 Å². The van der Waals surface area contributed by atoms with Gasteiger partial charge in [-0.3, -0.25) is 4.68 Å². The summed E-state index contributed by atoms with van der Waals surface area (Å²) in [6.45, 7) is 4.24. The van der Waals surface area contributed by atoms with Crippen molar-refractivity contribution in [3.63, 3.8) is 0 Å². The van der Waals surface area contributed by atoms with Gasteiger partial charge in [0.2, 0.25) is 0 Å². The minimum absolute atomic E-state index is 0.563. The maximum absolute atomic E-state index is 3.99. The van der Waals surface area contributed by atoms with E-state index < -0.39 is 0 Å². The van der Waals surface area contributed by atoms with Crippen molar-refractivity contribution in [1.82, 2.24) is 15.0 Å². The topological polar surface area (TPSA) is 30.7 Å². The molecule has 0 spiro atoms. The van der Waals surface area contributed by atoms with Crippen LogP contribution in [0, 0.1) is 0 Å². The molecule has 0 saturated carbocycles. The summed E-state index contributed by atoms with van der Waals surface area (Å²) in [5, 5.41) is 7.98. The molecule has 0 aliphatic carbocycles. The summed E-state index contributed by atoms with van der Waals surface area (Å²) in [5.74, 6) is 0. The van der Waals surface area contributed by atoms with E-state index in [2.05, 4.69) is 24.2 Å². The first-order valence-electron chi connectivity index (χ1n) is 3.64. The van der Waals surface area contributed by atoms with Crippen LogP contribution in [-0.2, 0) is 6.42 Å². The van der Waals surface area contributed by atoms with Crippen LogP contribution >= 0.6 is 0 Å². The zero-order valence-electron chi connectivity index (χ0n) is 6.70. The fraction of sp³-hybridized carbons (Fsp3) is 0.667. The first-order chi connectivity index (χ1) is 4.74. The highest BCUT2D eigenvalue weighted by atomic mass is 28.1. The summed E-state index contributed by atoms with van der Waals surface area (Å²) in [5.41, 5.74) is 1.65. The molecule has 0 aliphatic heterocycles. The van der Waals surface area contributed by atoms with Crippen molar-refractivity contribution >= 4 is 10.2 Å². The minimum Gasteiger partial charge on any atom is -0.254 e. The molecule has 0 bridgehead atoms. The van der Waals surface area contributed by atoms with Gasteiger partial charge in [-0.05, 0) is 13.3 Å². The Morgan fingerprint density at radius 3 is 2.80 bits per heavy atom. The molecule has 4 heteroatoms. The molecule has 10 heavy (non-hydrogen) atoms. The van der Waals surface area contributed by atoms with E-state index in [1.54, 1.807) is 0 Å². The second-order valence-electron chi connectivity index (χ2n) is 2.64. The van der Waals surface area contributed by atoms with Gasteiger partial charge < -0.3 is 0 Å². The van der Waals surface area contributed by atoms with E-state index in [1.807, 2.05) is 10.9 Å². The summed E-state index contributed by atoms with van der Waals surface area (Å²) in [4.78, 5) is 0. The van der Waals surface area contributed by atoms with Crippen molar-refractivity contribution in [3.8, 4) is 0 Å².